The van der Waals surface area contributed by atoms with Crippen LogP contribution in [0, 0.1) is 55.4 Å². The molecule has 0 spiro atoms. The normalized spacial score (nSPS) is 9.39. The van der Waals surface area contributed by atoms with Crippen LogP contribution >= 0.6 is 0 Å². The Hall–Kier alpha value is -3.52. The Morgan fingerprint density at radius 2 is 0.778 bits per heavy atom. The molecule has 0 fully saturated rings. The van der Waals surface area contributed by atoms with Gasteiger partial charge >= 0.3 is 0 Å². The molecule has 0 N–H and O–H groups in total. The number of rotatable bonds is 2. The molecule has 4 rings (SSSR count). The van der Waals surface area contributed by atoms with Crippen LogP contribution in [0.25, 0.3) is 0 Å². The number of aryl methyl sites for hydroxylation is 8. The third-order valence-corrected chi connectivity index (χ3v) is 5.51. The predicted molar refractivity (Wildman–Crippen MR) is 157 cm³/mol. The van der Waals surface area contributed by atoms with Crippen LogP contribution < -0.4 is 9.47 Å². The Morgan fingerprint density at radius 1 is 0.361 bits per heavy atom. The second kappa shape index (κ2) is 16.2. The van der Waals surface area contributed by atoms with Crippen molar-refractivity contribution in [2.24, 2.45) is 0 Å². The van der Waals surface area contributed by atoms with E-state index in [1.165, 1.54) is 44.5 Å². The Bertz CT molecular complexity index is 1140. The number of hydrogen-bond donors (Lipinski definition) is 0. The van der Waals surface area contributed by atoms with Gasteiger partial charge in [-0.3, -0.25) is 0 Å². The van der Waals surface area contributed by atoms with E-state index in [1.807, 2.05) is 32.0 Å². The zero-order valence-electron chi connectivity index (χ0n) is 23.9. The van der Waals surface area contributed by atoms with Crippen LogP contribution in [-0.2, 0) is 0 Å². The van der Waals surface area contributed by atoms with Gasteiger partial charge in [0.25, 0.3) is 0 Å². The molecule has 0 aromatic heterocycles. The van der Waals surface area contributed by atoms with E-state index in [0.717, 1.165) is 11.5 Å². The lowest BCUT2D eigenvalue weighted by molar-refractivity contribution is 0.411. The van der Waals surface area contributed by atoms with Gasteiger partial charge in [-0.25, -0.2) is 0 Å². The van der Waals surface area contributed by atoms with Crippen LogP contribution in [0.2, 0.25) is 0 Å². The lowest BCUT2D eigenvalue weighted by atomic mass is 10.1. The van der Waals surface area contributed by atoms with Gasteiger partial charge in [0.05, 0.1) is 14.2 Å². The zero-order chi connectivity index (χ0) is 27.1. The molecule has 0 unspecified atom stereocenters. The van der Waals surface area contributed by atoms with E-state index in [-0.39, 0.29) is 0 Å². The van der Waals surface area contributed by atoms with Gasteiger partial charge in [-0.2, -0.15) is 0 Å². The van der Waals surface area contributed by atoms with Crippen molar-refractivity contribution in [2.45, 2.75) is 55.4 Å². The number of methoxy groups -OCH3 is 2. The highest BCUT2D eigenvalue weighted by atomic mass is 16.5. The maximum absolute atomic E-state index is 5.13. The first-order valence-electron chi connectivity index (χ1n) is 12.3. The van der Waals surface area contributed by atoms with Gasteiger partial charge < -0.3 is 9.47 Å². The summed E-state index contributed by atoms with van der Waals surface area (Å²) in [6.45, 7) is 16.6. The summed E-state index contributed by atoms with van der Waals surface area (Å²) in [5.41, 5.74) is 10.2. The smallest absolute Gasteiger partial charge is 0.122 e. The average Bonchev–Trinajstić information content (AvgIpc) is 2.84. The fourth-order valence-corrected chi connectivity index (χ4v) is 3.40. The molecule has 0 radical (unpaired) electrons. The molecule has 2 heteroatoms. The number of ether oxygens (including phenoxy) is 2. The molecule has 0 saturated carbocycles. The topological polar surface area (TPSA) is 18.5 Å². The fraction of sp³-hybridized carbons (Fsp3) is 0.294. The first kappa shape index (κ1) is 30.5. The van der Waals surface area contributed by atoms with Crippen molar-refractivity contribution in [1.29, 1.82) is 0 Å². The highest BCUT2D eigenvalue weighted by Crippen LogP contribution is 2.18. The molecule has 4 aromatic carbocycles. The van der Waals surface area contributed by atoms with Gasteiger partial charge in [0.2, 0.25) is 0 Å². The fourth-order valence-electron chi connectivity index (χ4n) is 3.40. The van der Waals surface area contributed by atoms with Gasteiger partial charge in [0.1, 0.15) is 11.5 Å². The first-order chi connectivity index (χ1) is 17.0. The molecule has 36 heavy (non-hydrogen) atoms. The van der Waals surface area contributed by atoms with Gasteiger partial charge in [0, 0.05) is 0 Å². The van der Waals surface area contributed by atoms with Crippen LogP contribution in [-0.4, -0.2) is 14.2 Å². The first-order valence-corrected chi connectivity index (χ1v) is 12.3. The van der Waals surface area contributed by atoms with Crippen molar-refractivity contribution in [1.82, 2.24) is 0 Å². The van der Waals surface area contributed by atoms with Gasteiger partial charge in [0.15, 0.2) is 0 Å². The summed E-state index contributed by atoms with van der Waals surface area (Å²) in [6.07, 6.45) is 0. The minimum atomic E-state index is 0.964. The molecular weight excluding hydrogens is 440 g/mol. The van der Waals surface area contributed by atoms with E-state index in [0.29, 0.717) is 0 Å². The van der Waals surface area contributed by atoms with Crippen LogP contribution in [0.3, 0.4) is 0 Å². The summed E-state index contributed by atoms with van der Waals surface area (Å²) in [7, 11) is 3.39. The lowest BCUT2D eigenvalue weighted by Gasteiger charge is -2.03. The van der Waals surface area contributed by atoms with E-state index < -0.39 is 0 Å². The molecule has 0 heterocycles. The van der Waals surface area contributed by atoms with E-state index in [4.69, 9.17) is 9.47 Å². The Morgan fingerprint density at radius 3 is 1.17 bits per heavy atom. The number of benzene rings is 4. The molecule has 0 amide bonds. The van der Waals surface area contributed by atoms with Crippen molar-refractivity contribution in [2.75, 3.05) is 14.2 Å². The average molecular weight is 485 g/mol. The van der Waals surface area contributed by atoms with Crippen LogP contribution in [0.5, 0.6) is 11.5 Å². The zero-order valence-corrected chi connectivity index (χ0v) is 23.9. The van der Waals surface area contributed by atoms with Crippen LogP contribution in [0.4, 0.5) is 0 Å². The summed E-state index contributed by atoms with van der Waals surface area (Å²) in [5, 5.41) is 0. The van der Waals surface area contributed by atoms with Crippen molar-refractivity contribution in [3.05, 3.63) is 129 Å². The van der Waals surface area contributed by atoms with Gasteiger partial charge in [-0.15, -0.1) is 0 Å². The highest BCUT2D eigenvalue weighted by molar-refractivity contribution is 5.36. The molecule has 0 saturated heterocycles. The molecule has 0 atom stereocenters. The monoisotopic (exact) mass is 484 g/mol. The van der Waals surface area contributed by atoms with Gasteiger partial charge in [-0.05, 0) is 84.2 Å². The predicted octanol–water partition coefficient (Wildman–Crippen LogP) is 9.23. The molecule has 2 nitrogen and oxygen atoms in total. The number of hydrogen-bond acceptors (Lipinski definition) is 2. The molecule has 0 aliphatic heterocycles. The standard InChI is InChI=1S/2C9H12O.2C8H10/c1-7-4-5-9(10-3)8(2)6-7;1-7-4-5-8(2)9(6-7)10-3;1-7-3-5-8(2)6-4-7;1-7-4-3-5-8(2)6-7/h2*4-6H,1-3H3;2*3-6H,1-2H3. The van der Waals surface area contributed by atoms with Crippen LogP contribution in [0.1, 0.15) is 44.5 Å². The van der Waals surface area contributed by atoms with E-state index in [2.05, 4.69) is 108 Å². The second-order valence-electron chi connectivity index (χ2n) is 9.26. The Balaban J connectivity index is 0.000000241. The Labute approximate surface area is 219 Å². The summed E-state index contributed by atoms with van der Waals surface area (Å²) in [6, 6.07) is 29.3. The summed E-state index contributed by atoms with van der Waals surface area (Å²) in [5.74, 6) is 1.94. The highest BCUT2D eigenvalue weighted by Gasteiger charge is 1.95. The van der Waals surface area contributed by atoms with Crippen molar-refractivity contribution in [3.63, 3.8) is 0 Å². The quantitative estimate of drug-likeness (QED) is 0.282. The lowest BCUT2D eigenvalue weighted by Crippen LogP contribution is -1.86. The third kappa shape index (κ3) is 12.3. The summed E-state index contributed by atoms with van der Waals surface area (Å²) in [4.78, 5) is 0. The minimum absolute atomic E-state index is 0.964. The molecule has 0 aliphatic carbocycles. The molecule has 192 valence electrons. The molecule has 0 aliphatic rings. The summed E-state index contributed by atoms with van der Waals surface area (Å²) >= 11 is 0. The van der Waals surface area contributed by atoms with Crippen molar-refractivity contribution >= 4 is 0 Å². The molecule has 0 bridgehead atoms. The van der Waals surface area contributed by atoms with Crippen molar-refractivity contribution in [3.8, 4) is 11.5 Å². The maximum atomic E-state index is 5.13. The van der Waals surface area contributed by atoms with E-state index in [9.17, 15) is 0 Å². The van der Waals surface area contributed by atoms with Crippen molar-refractivity contribution < 1.29 is 9.47 Å². The van der Waals surface area contributed by atoms with Gasteiger partial charge in [-0.1, -0.05) is 101 Å². The van der Waals surface area contributed by atoms with E-state index >= 15 is 0 Å². The van der Waals surface area contributed by atoms with E-state index in [1.54, 1.807) is 14.2 Å². The minimum Gasteiger partial charge on any atom is -0.496 e. The SMILES string of the molecule is COc1cc(C)ccc1C.COc1ccc(C)cc1C.Cc1ccc(C)cc1.Cc1cccc(C)c1. The molecular formula is C34H44O2. The largest absolute Gasteiger partial charge is 0.496 e. The van der Waals surface area contributed by atoms with Crippen LogP contribution in [0.15, 0.2) is 84.9 Å². The second-order valence-corrected chi connectivity index (χ2v) is 9.26. The third-order valence-electron chi connectivity index (χ3n) is 5.51. The Kier molecular flexibility index (Phi) is 13.7. The summed E-state index contributed by atoms with van der Waals surface area (Å²) < 4.78 is 10.2. The molecule has 4 aromatic rings. The maximum Gasteiger partial charge on any atom is 0.122 e.